The molecule has 6 nitrogen and oxygen atoms in total. The van der Waals surface area contributed by atoms with Crippen LogP contribution in [0.2, 0.25) is 0 Å². The largest absolute Gasteiger partial charge is 0.357 e. The first-order valence-corrected chi connectivity index (χ1v) is 10.5. The average Bonchev–Trinajstić information content (AvgIpc) is 2.61. The second-order valence-corrected chi connectivity index (χ2v) is 7.41. The van der Waals surface area contributed by atoms with E-state index in [9.17, 15) is 4.79 Å². The molecule has 1 heterocycles. The standard InChI is InChI=1S/C20H41N5O.HI/c1-6-21-20(23(5)17-19(26)25(7-2)8-3)22-13-9-10-14-24-15-11-12-18(4)16-24;/h18H,6-17H2,1-5H3,(H,21,22);1H. The molecule has 1 aliphatic rings. The summed E-state index contributed by atoms with van der Waals surface area (Å²) in [5.41, 5.74) is 0. The number of amides is 1. The van der Waals surface area contributed by atoms with Crippen molar-refractivity contribution in [1.82, 2.24) is 20.0 Å². The molecule has 0 aromatic rings. The Bertz CT molecular complexity index is 429. The molecule has 1 atom stereocenters. The fraction of sp³-hybridized carbons (Fsp3) is 0.900. The van der Waals surface area contributed by atoms with E-state index in [1.807, 2.05) is 30.7 Å². The summed E-state index contributed by atoms with van der Waals surface area (Å²) >= 11 is 0. The van der Waals surface area contributed by atoms with E-state index in [1.54, 1.807) is 0 Å². The Morgan fingerprint density at radius 1 is 1.22 bits per heavy atom. The predicted molar refractivity (Wildman–Crippen MR) is 126 cm³/mol. The first kappa shape index (κ1) is 26.4. The highest BCUT2D eigenvalue weighted by Crippen LogP contribution is 2.15. The number of guanidine groups is 1. The van der Waals surface area contributed by atoms with Gasteiger partial charge in [-0.25, -0.2) is 0 Å². The molecule has 0 aromatic carbocycles. The monoisotopic (exact) mass is 495 g/mol. The van der Waals surface area contributed by atoms with Gasteiger partial charge >= 0.3 is 0 Å². The number of carbonyl (C=O) groups excluding carboxylic acids is 1. The van der Waals surface area contributed by atoms with Crippen LogP contribution in [0.25, 0.3) is 0 Å². The molecule has 0 spiro atoms. The minimum absolute atomic E-state index is 0. The molecular weight excluding hydrogens is 453 g/mol. The van der Waals surface area contributed by atoms with Gasteiger partial charge in [0, 0.05) is 39.8 Å². The van der Waals surface area contributed by atoms with Crippen LogP contribution < -0.4 is 5.32 Å². The van der Waals surface area contributed by atoms with E-state index < -0.39 is 0 Å². The van der Waals surface area contributed by atoms with Gasteiger partial charge in [-0.15, -0.1) is 24.0 Å². The summed E-state index contributed by atoms with van der Waals surface area (Å²) in [4.78, 5) is 23.4. The van der Waals surface area contributed by atoms with Gasteiger partial charge in [0.25, 0.3) is 0 Å². The number of likely N-dealkylation sites (tertiary alicyclic amines) is 1. The summed E-state index contributed by atoms with van der Waals surface area (Å²) in [6.45, 7) is 15.7. The molecule has 160 valence electrons. The molecule has 0 aliphatic carbocycles. The van der Waals surface area contributed by atoms with Crippen LogP contribution in [-0.2, 0) is 4.79 Å². The van der Waals surface area contributed by atoms with Crippen LogP contribution in [0.5, 0.6) is 0 Å². The van der Waals surface area contributed by atoms with Gasteiger partial charge < -0.3 is 20.0 Å². The number of nitrogens with zero attached hydrogens (tertiary/aromatic N) is 4. The van der Waals surface area contributed by atoms with E-state index in [0.29, 0.717) is 6.54 Å². The molecule has 7 heteroatoms. The van der Waals surface area contributed by atoms with E-state index in [-0.39, 0.29) is 29.9 Å². The zero-order valence-electron chi connectivity index (χ0n) is 18.2. The van der Waals surface area contributed by atoms with Gasteiger partial charge in [-0.3, -0.25) is 9.79 Å². The van der Waals surface area contributed by atoms with Crippen LogP contribution in [0.15, 0.2) is 4.99 Å². The molecule has 1 N–H and O–H groups in total. The lowest BCUT2D eigenvalue weighted by Gasteiger charge is -2.30. The Labute approximate surface area is 184 Å². The number of halogens is 1. The van der Waals surface area contributed by atoms with E-state index in [1.165, 1.54) is 38.9 Å². The third-order valence-electron chi connectivity index (χ3n) is 5.07. The zero-order valence-corrected chi connectivity index (χ0v) is 20.5. The molecule has 1 aliphatic heterocycles. The summed E-state index contributed by atoms with van der Waals surface area (Å²) in [5, 5.41) is 3.30. The van der Waals surface area contributed by atoms with Crippen LogP contribution in [-0.4, -0.2) is 86.0 Å². The Hall–Kier alpha value is -0.570. The zero-order chi connectivity index (χ0) is 19.4. The Morgan fingerprint density at radius 2 is 1.93 bits per heavy atom. The maximum atomic E-state index is 12.3. The van der Waals surface area contributed by atoms with Crippen LogP contribution in [0.1, 0.15) is 53.4 Å². The van der Waals surface area contributed by atoms with Crippen LogP contribution in [0.4, 0.5) is 0 Å². The number of unbranched alkanes of at least 4 members (excludes halogenated alkanes) is 1. The van der Waals surface area contributed by atoms with Crippen molar-refractivity contribution >= 4 is 35.8 Å². The van der Waals surface area contributed by atoms with Crippen LogP contribution in [0, 0.1) is 5.92 Å². The van der Waals surface area contributed by atoms with Crippen molar-refractivity contribution in [3.05, 3.63) is 0 Å². The van der Waals surface area contributed by atoms with E-state index in [0.717, 1.165) is 44.5 Å². The number of hydrogen-bond donors (Lipinski definition) is 1. The molecule has 0 radical (unpaired) electrons. The van der Waals surface area contributed by atoms with Crippen molar-refractivity contribution in [2.45, 2.75) is 53.4 Å². The number of aliphatic imine (C=N–C) groups is 1. The van der Waals surface area contributed by atoms with Gasteiger partial charge in [0.15, 0.2) is 5.96 Å². The van der Waals surface area contributed by atoms with Crippen LogP contribution >= 0.6 is 24.0 Å². The fourth-order valence-corrected chi connectivity index (χ4v) is 3.55. The number of carbonyl (C=O) groups is 1. The van der Waals surface area contributed by atoms with E-state index in [2.05, 4.69) is 24.1 Å². The van der Waals surface area contributed by atoms with Gasteiger partial charge in [-0.1, -0.05) is 6.92 Å². The lowest BCUT2D eigenvalue weighted by molar-refractivity contribution is -0.131. The Morgan fingerprint density at radius 3 is 2.52 bits per heavy atom. The first-order valence-electron chi connectivity index (χ1n) is 10.5. The SMILES string of the molecule is CCNC(=NCCCCN1CCCC(C)C1)N(C)CC(=O)N(CC)CC.I. The normalized spacial score (nSPS) is 18.0. The molecular formula is C20H42IN5O. The molecule has 1 unspecified atom stereocenters. The number of likely N-dealkylation sites (N-methyl/N-ethyl adjacent to an activating group) is 2. The van der Waals surface area contributed by atoms with E-state index >= 15 is 0 Å². The molecule has 1 amide bonds. The molecule has 1 rings (SSSR count). The van der Waals surface area contributed by atoms with Gasteiger partial charge in [0.05, 0.1) is 6.54 Å². The van der Waals surface area contributed by atoms with Gasteiger partial charge in [-0.05, 0) is 65.5 Å². The Kier molecular flexibility index (Phi) is 15.0. The number of piperidine rings is 1. The van der Waals surface area contributed by atoms with E-state index in [4.69, 9.17) is 4.99 Å². The second kappa shape index (κ2) is 15.4. The Balaban J connectivity index is 0.00000676. The molecule has 1 saturated heterocycles. The predicted octanol–water partition coefficient (Wildman–Crippen LogP) is 2.88. The maximum Gasteiger partial charge on any atom is 0.242 e. The summed E-state index contributed by atoms with van der Waals surface area (Å²) in [6, 6.07) is 0. The van der Waals surface area contributed by atoms with Crippen LogP contribution in [0.3, 0.4) is 0 Å². The fourth-order valence-electron chi connectivity index (χ4n) is 3.55. The summed E-state index contributed by atoms with van der Waals surface area (Å²) in [6.07, 6.45) is 5.01. The van der Waals surface area contributed by atoms with Crippen molar-refractivity contribution in [2.24, 2.45) is 10.9 Å². The molecule has 27 heavy (non-hydrogen) atoms. The number of nitrogens with one attached hydrogen (secondary N) is 1. The quantitative estimate of drug-likeness (QED) is 0.219. The summed E-state index contributed by atoms with van der Waals surface area (Å²) < 4.78 is 0. The van der Waals surface area contributed by atoms with Crippen molar-refractivity contribution in [3.8, 4) is 0 Å². The highest BCUT2D eigenvalue weighted by atomic mass is 127. The van der Waals surface area contributed by atoms with Gasteiger partial charge in [0.2, 0.25) is 5.91 Å². The third-order valence-corrected chi connectivity index (χ3v) is 5.07. The molecule has 0 bridgehead atoms. The maximum absolute atomic E-state index is 12.3. The number of rotatable bonds is 10. The summed E-state index contributed by atoms with van der Waals surface area (Å²) in [5.74, 6) is 1.83. The average molecular weight is 495 g/mol. The minimum atomic E-state index is 0. The number of hydrogen-bond acceptors (Lipinski definition) is 3. The smallest absolute Gasteiger partial charge is 0.242 e. The molecule has 1 fully saturated rings. The van der Waals surface area contributed by atoms with Crippen molar-refractivity contribution in [3.63, 3.8) is 0 Å². The highest BCUT2D eigenvalue weighted by Gasteiger charge is 2.16. The van der Waals surface area contributed by atoms with Crippen molar-refractivity contribution < 1.29 is 4.79 Å². The van der Waals surface area contributed by atoms with Gasteiger partial charge in [-0.2, -0.15) is 0 Å². The molecule has 0 saturated carbocycles. The van der Waals surface area contributed by atoms with Crippen molar-refractivity contribution in [2.75, 3.05) is 59.4 Å². The second-order valence-electron chi connectivity index (χ2n) is 7.41. The lowest BCUT2D eigenvalue weighted by atomic mass is 10.0. The van der Waals surface area contributed by atoms with Crippen molar-refractivity contribution in [1.29, 1.82) is 0 Å². The summed E-state index contributed by atoms with van der Waals surface area (Å²) in [7, 11) is 1.94. The first-order chi connectivity index (χ1) is 12.5. The minimum Gasteiger partial charge on any atom is -0.357 e. The topological polar surface area (TPSA) is 51.2 Å². The highest BCUT2D eigenvalue weighted by molar-refractivity contribution is 14.0. The third kappa shape index (κ3) is 10.5. The van der Waals surface area contributed by atoms with Gasteiger partial charge in [0.1, 0.15) is 0 Å². The lowest BCUT2D eigenvalue weighted by Crippen LogP contribution is -2.45. The molecule has 0 aromatic heterocycles.